The molecule has 1 N–H and O–H groups in total. The number of hydrogen-bond donors (Lipinski definition) is 1. The van der Waals surface area contributed by atoms with Crippen molar-refractivity contribution in [2.24, 2.45) is 0 Å². The van der Waals surface area contributed by atoms with Gasteiger partial charge >= 0.3 is 0 Å². The molecule has 2 nitrogen and oxygen atoms in total. The van der Waals surface area contributed by atoms with E-state index in [1.54, 1.807) is 6.07 Å². The Morgan fingerprint density at radius 2 is 1.82 bits per heavy atom. The van der Waals surface area contributed by atoms with E-state index in [1.807, 2.05) is 24.3 Å². The lowest BCUT2D eigenvalue weighted by Crippen LogP contribution is -2.00. The van der Waals surface area contributed by atoms with Gasteiger partial charge in [-0.1, -0.05) is 34.1 Å². The molecule has 0 aliphatic carbocycles. The summed E-state index contributed by atoms with van der Waals surface area (Å²) in [5.41, 5.74) is 1.05. The van der Waals surface area contributed by atoms with Crippen molar-refractivity contribution in [3.63, 3.8) is 0 Å². The zero-order valence-corrected chi connectivity index (χ0v) is 13.4. The zero-order chi connectivity index (χ0) is 12.4. The molecule has 90 valence electrons. The summed E-state index contributed by atoms with van der Waals surface area (Å²) in [5, 5.41) is 10.1. The molecule has 0 saturated heterocycles. The quantitative estimate of drug-likeness (QED) is 0.764. The van der Waals surface area contributed by atoms with Gasteiger partial charge in [0.1, 0.15) is 11.9 Å². The fourth-order valence-corrected chi connectivity index (χ4v) is 2.55. The molecule has 0 aliphatic heterocycles. The molecule has 0 radical (unpaired) electrons. The number of benzene rings is 1. The van der Waals surface area contributed by atoms with Gasteiger partial charge in [0, 0.05) is 10.9 Å². The van der Waals surface area contributed by atoms with Crippen molar-refractivity contribution >= 4 is 47.8 Å². The highest BCUT2D eigenvalue weighted by Crippen LogP contribution is 2.32. The average Bonchev–Trinajstić information content (AvgIpc) is 2.63. The topological polar surface area (TPSA) is 33.4 Å². The molecular weight excluding hydrogens is 416 g/mol. The van der Waals surface area contributed by atoms with E-state index in [2.05, 4.69) is 47.8 Å². The summed E-state index contributed by atoms with van der Waals surface area (Å²) in [6.07, 6.45) is -0.148. The monoisotopic (exact) mass is 422 g/mol. The highest BCUT2D eigenvalue weighted by Gasteiger charge is 2.16. The summed E-state index contributed by atoms with van der Waals surface area (Å²) in [6.45, 7) is 0. The molecule has 0 bridgehead atoms. The van der Waals surface area contributed by atoms with Crippen LogP contribution in [-0.4, -0.2) is 5.11 Å². The third kappa shape index (κ3) is 3.22. The minimum absolute atomic E-state index is 0.508. The first-order chi connectivity index (χ1) is 8.08. The molecule has 2 rings (SSSR count). The molecule has 1 aromatic carbocycles. The molecule has 0 fully saturated rings. The molecule has 0 amide bonds. The van der Waals surface area contributed by atoms with E-state index in [0.29, 0.717) is 16.9 Å². The molecular formula is C12H9Br3O2. The minimum Gasteiger partial charge on any atom is -0.450 e. The third-order valence-electron chi connectivity index (χ3n) is 2.36. The van der Waals surface area contributed by atoms with Crippen molar-refractivity contribution in [3.05, 3.63) is 55.3 Å². The van der Waals surface area contributed by atoms with Crippen LogP contribution in [0.25, 0.3) is 0 Å². The maximum absolute atomic E-state index is 10.1. The van der Waals surface area contributed by atoms with E-state index in [9.17, 15) is 5.11 Å². The summed E-state index contributed by atoms with van der Waals surface area (Å²) < 4.78 is 7.78. The SMILES string of the molecule is OC(Cc1ccccc1Br)c1cc(Br)c(Br)o1. The molecule has 2 aromatic rings. The Balaban J connectivity index is 2.17. The van der Waals surface area contributed by atoms with Gasteiger partial charge in [0.25, 0.3) is 0 Å². The van der Waals surface area contributed by atoms with Crippen LogP contribution in [0.4, 0.5) is 0 Å². The van der Waals surface area contributed by atoms with Crippen LogP contribution >= 0.6 is 47.8 Å². The first-order valence-corrected chi connectivity index (χ1v) is 7.32. The van der Waals surface area contributed by atoms with Gasteiger partial charge in [0.05, 0.1) is 4.47 Å². The Morgan fingerprint density at radius 3 is 2.41 bits per heavy atom. The number of aliphatic hydroxyl groups is 1. The number of aliphatic hydroxyl groups excluding tert-OH is 1. The lowest BCUT2D eigenvalue weighted by molar-refractivity contribution is 0.148. The number of rotatable bonds is 3. The molecule has 17 heavy (non-hydrogen) atoms. The van der Waals surface area contributed by atoms with E-state index < -0.39 is 6.10 Å². The molecule has 1 atom stereocenters. The number of halogens is 3. The van der Waals surface area contributed by atoms with Crippen LogP contribution < -0.4 is 0 Å². The van der Waals surface area contributed by atoms with Gasteiger partial charge in [0.2, 0.25) is 0 Å². The van der Waals surface area contributed by atoms with Gasteiger partial charge < -0.3 is 9.52 Å². The number of hydrogen-bond acceptors (Lipinski definition) is 2. The standard InChI is InChI=1S/C12H9Br3O2/c13-8-4-2-1-3-7(8)5-10(16)11-6-9(14)12(15)17-11/h1-4,6,10,16H,5H2. The highest BCUT2D eigenvalue weighted by atomic mass is 79.9. The summed E-state index contributed by atoms with van der Waals surface area (Å²) in [5.74, 6) is 0.541. The second kappa shape index (κ2) is 5.69. The summed E-state index contributed by atoms with van der Waals surface area (Å²) in [7, 11) is 0. The van der Waals surface area contributed by atoms with Crippen molar-refractivity contribution in [2.75, 3.05) is 0 Å². The van der Waals surface area contributed by atoms with Gasteiger partial charge in [-0.05, 0) is 49.6 Å². The summed E-state index contributed by atoms with van der Waals surface area (Å²) >= 11 is 10.0. The van der Waals surface area contributed by atoms with E-state index in [4.69, 9.17) is 4.42 Å². The Hall–Kier alpha value is -0.100. The van der Waals surface area contributed by atoms with Crippen molar-refractivity contribution < 1.29 is 9.52 Å². The van der Waals surface area contributed by atoms with Gasteiger partial charge in [-0.15, -0.1) is 0 Å². The molecule has 1 aromatic heterocycles. The van der Waals surface area contributed by atoms with Crippen LogP contribution in [0.1, 0.15) is 17.4 Å². The minimum atomic E-state index is -0.656. The smallest absolute Gasteiger partial charge is 0.183 e. The van der Waals surface area contributed by atoms with E-state index in [1.165, 1.54) is 0 Å². The van der Waals surface area contributed by atoms with Crippen LogP contribution in [0, 0.1) is 0 Å². The summed E-state index contributed by atoms with van der Waals surface area (Å²) in [6, 6.07) is 9.59. The molecule has 0 saturated carbocycles. The van der Waals surface area contributed by atoms with Gasteiger partial charge in [-0.25, -0.2) is 0 Å². The molecule has 0 spiro atoms. The van der Waals surface area contributed by atoms with Crippen LogP contribution in [0.2, 0.25) is 0 Å². The lowest BCUT2D eigenvalue weighted by atomic mass is 10.1. The van der Waals surface area contributed by atoms with E-state index >= 15 is 0 Å². The predicted octanol–water partition coefficient (Wildman–Crippen LogP) is 4.84. The fraction of sp³-hybridized carbons (Fsp3) is 0.167. The third-order valence-corrected chi connectivity index (χ3v) is 4.85. The molecule has 5 heteroatoms. The van der Waals surface area contributed by atoms with Gasteiger partial charge in [-0.3, -0.25) is 0 Å². The van der Waals surface area contributed by atoms with Gasteiger partial charge in [0.15, 0.2) is 4.67 Å². The first kappa shape index (κ1) is 13.3. The second-order valence-corrected chi connectivity index (χ2v) is 6.01. The largest absolute Gasteiger partial charge is 0.450 e. The van der Waals surface area contributed by atoms with Crippen molar-refractivity contribution in [1.29, 1.82) is 0 Å². The Bertz CT molecular complexity index is 503. The van der Waals surface area contributed by atoms with Crippen LogP contribution in [0.15, 0.2) is 48.4 Å². The van der Waals surface area contributed by atoms with Crippen LogP contribution in [0.3, 0.4) is 0 Å². The molecule has 1 unspecified atom stereocenters. The maximum Gasteiger partial charge on any atom is 0.183 e. The molecule has 0 aliphatic rings. The van der Waals surface area contributed by atoms with Crippen LogP contribution in [0.5, 0.6) is 0 Å². The molecule has 1 heterocycles. The Labute approximate surface area is 124 Å². The number of furan rings is 1. The van der Waals surface area contributed by atoms with Gasteiger partial charge in [-0.2, -0.15) is 0 Å². The average molecular weight is 425 g/mol. The summed E-state index contributed by atoms with van der Waals surface area (Å²) in [4.78, 5) is 0. The maximum atomic E-state index is 10.1. The highest BCUT2D eigenvalue weighted by molar-refractivity contribution is 9.13. The Morgan fingerprint density at radius 1 is 1.12 bits per heavy atom. The Kier molecular flexibility index (Phi) is 4.47. The normalized spacial score (nSPS) is 12.7. The lowest BCUT2D eigenvalue weighted by Gasteiger charge is -2.09. The second-order valence-electron chi connectivity index (χ2n) is 3.58. The van der Waals surface area contributed by atoms with Crippen LogP contribution in [-0.2, 0) is 6.42 Å². The zero-order valence-electron chi connectivity index (χ0n) is 8.66. The van der Waals surface area contributed by atoms with Crippen molar-refractivity contribution in [2.45, 2.75) is 12.5 Å². The van der Waals surface area contributed by atoms with Crippen molar-refractivity contribution in [3.8, 4) is 0 Å². The van der Waals surface area contributed by atoms with Crippen molar-refractivity contribution in [1.82, 2.24) is 0 Å². The van der Waals surface area contributed by atoms with E-state index in [-0.39, 0.29) is 0 Å². The fourth-order valence-electron chi connectivity index (χ4n) is 1.50. The first-order valence-electron chi connectivity index (χ1n) is 4.94. The predicted molar refractivity (Wildman–Crippen MR) is 76.9 cm³/mol. The van der Waals surface area contributed by atoms with E-state index in [0.717, 1.165) is 14.5 Å².